The number of carbonyl (C=O) groups excluding carboxylic acids is 1. The van der Waals surface area contributed by atoms with Gasteiger partial charge in [0.05, 0.1) is 12.1 Å². The summed E-state index contributed by atoms with van der Waals surface area (Å²) < 4.78 is 4.99. The van der Waals surface area contributed by atoms with E-state index in [0.29, 0.717) is 5.92 Å². The van der Waals surface area contributed by atoms with Crippen molar-refractivity contribution in [2.45, 2.75) is 42.4 Å². The van der Waals surface area contributed by atoms with Crippen LogP contribution in [0.4, 0.5) is 0 Å². The molecule has 2 bridgehead atoms. The normalized spacial score (nSPS) is 29.4. The fraction of sp³-hybridized carbons (Fsp3) is 0.625. The first-order chi connectivity index (χ1) is 9.76. The van der Waals surface area contributed by atoms with Crippen molar-refractivity contribution in [3.63, 3.8) is 0 Å². The minimum absolute atomic E-state index is 0.108. The van der Waals surface area contributed by atoms with Crippen molar-refractivity contribution in [3.8, 4) is 0 Å². The number of esters is 1. The number of hydrogen-bond acceptors (Lipinski definition) is 4. The molecule has 1 aromatic heterocycles. The Hall–Kier alpha value is -1.03. The Labute approximate surface area is 124 Å². The van der Waals surface area contributed by atoms with Crippen molar-refractivity contribution in [1.29, 1.82) is 0 Å². The molecule has 2 saturated carbocycles. The van der Waals surface area contributed by atoms with E-state index in [4.69, 9.17) is 4.74 Å². The molecule has 4 atom stereocenters. The zero-order valence-electron chi connectivity index (χ0n) is 11.8. The van der Waals surface area contributed by atoms with Crippen LogP contribution in [0.25, 0.3) is 0 Å². The largest absolute Gasteiger partial charge is 0.468 e. The van der Waals surface area contributed by atoms with Crippen LogP contribution in [0.2, 0.25) is 0 Å². The van der Waals surface area contributed by atoms with E-state index in [1.54, 1.807) is 18.0 Å². The Morgan fingerprint density at radius 3 is 2.95 bits per heavy atom. The van der Waals surface area contributed by atoms with E-state index in [0.717, 1.165) is 23.3 Å². The second-order valence-electron chi connectivity index (χ2n) is 5.97. The monoisotopic (exact) mass is 291 g/mol. The zero-order chi connectivity index (χ0) is 13.9. The summed E-state index contributed by atoms with van der Waals surface area (Å²) in [5.74, 6) is 2.36. The first-order valence-electron chi connectivity index (χ1n) is 7.41. The Bertz CT molecular complexity index is 465. The van der Waals surface area contributed by atoms with E-state index in [-0.39, 0.29) is 11.2 Å². The molecular formula is C16H21NO2S. The molecule has 0 aliphatic heterocycles. The number of methoxy groups -OCH3 is 1. The second-order valence-corrected chi connectivity index (χ2v) is 7.19. The minimum Gasteiger partial charge on any atom is -0.468 e. The standard InChI is InChI=1S/C16H21NO2S/c1-19-16(18)14(20-15-4-2-3-7-17-15)10-13-9-11-5-6-12(13)8-11/h2-4,7,11-14H,5-6,8-10H2,1H3/t11-,12+,13-,14?/m0/s1. The predicted octanol–water partition coefficient (Wildman–Crippen LogP) is 3.54. The van der Waals surface area contributed by atoms with Gasteiger partial charge in [0.15, 0.2) is 0 Å². The molecule has 0 radical (unpaired) electrons. The van der Waals surface area contributed by atoms with Crippen LogP contribution in [0.5, 0.6) is 0 Å². The summed E-state index contributed by atoms with van der Waals surface area (Å²) in [6.45, 7) is 0. The highest BCUT2D eigenvalue weighted by Crippen LogP contribution is 2.50. The van der Waals surface area contributed by atoms with Gasteiger partial charge in [-0.25, -0.2) is 4.98 Å². The molecule has 108 valence electrons. The molecule has 0 N–H and O–H groups in total. The molecule has 3 rings (SSSR count). The van der Waals surface area contributed by atoms with E-state index >= 15 is 0 Å². The molecular weight excluding hydrogens is 270 g/mol. The predicted molar refractivity (Wildman–Crippen MR) is 79.5 cm³/mol. The number of thioether (sulfide) groups is 1. The van der Waals surface area contributed by atoms with E-state index in [1.807, 2.05) is 18.2 Å². The van der Waals surface area contributed by atoms with Crippen LogP contribution in [-0.2, 0) is 9.53 Å². The zero-order valence-corrected chi connectivity index (χ0v) is 12.6. The molecule has 0 amide bonds. The fourth-order valence-corrected chi connectivity index (χ4v) is 4.93. The maximum atomic E-state index is 12.0. The van der Waals surface area contributed by atoms with Crippen molar-refractivity contribution >= 4 is 17.7 Å². The van der Waals surface area contributed by atoms with Gasteiger partial charge in [-0.3, -0.25) is 4.79 Å². The molecule has 2 fully saturated rings. The van der Waals surface area contributed by atoms with Crippen LogP contribution < -0.4 is 0 Å². The number of ether oxygens (including phenoxy) is 1. The van der Waals surface area contributed by atoms with Gasteiger partial charge in [0.1, 0.15) is 5.25 Å². The Kier molecular flexibility index (Phi) is 4.29. The lowest BCUT2D eigenvalue weighted by atomic mass is 9.85. The number of aromatic nitrogens is 1. The van der Waals surface area contributed by atoms with Gasteiger partial charge in [-0.2, -0.15) is 0 Å². The maximum Gasteiger partial charge on any atom is 0.319 e. The van der Waals surface area contributed by atoms with Crippen molar-refractivity contribution in [1.82, 2.24) is 4.98 Å². The third kappa shape index (κ3) is 3.00. The van der Waals surface area contributed by atoms with Gasteiger partial charge in [0.2, 0.25) is 0 Å². The molecule has 2 aliphatic carbocycles. The molecule has 2 aliphatic rings. The van der Waals surface area contributed by atoms with Gasteiger partial charge in [-0.15, -0.1) is 0 Å². The molecule has 3 nitrogen and oxygen atoms in total. The highest BCUT2D eigenvalue weighted by atomic mass is 32.2. The highest BCUT2D eigenvalue weighted by molar-refractivity contribution is 8.00. The molecule has 20 heavy (non-hydrogen) atoms. The topological polar surface area (TPSA) is 39.2 Å². The third-order valence-corrected chi connectivity index (χ3v) is 5.92. The average Bonchev–Trinajstić information content (AvgIpc) is 3.09. The van der Waals surface area contributed by atoms with Gasteiger partial charge in [0, 0.05) is 6.20 Å². The van der Waals surface area contributed by atoms with Crippen LogP contribution in [0.3, 0.4) is 0 Å². The SMILES string of the molecule is COC(=O)C(C[C@@H]1C[C@H]2CC[C@@H]1C2)Sc1ccccn1. The van der Waals surface area contributed by atoms with Crippen molar-refractivity contribution in [3.05, 3.63) is 24.4 Å². The smallest absolute Gasteiger partial charge is 0.319 e. The summed E-state index contributed by atoms with van der Waals surface area (Å²) in [5, 5.41) is 0.797. The highest BCUT2D eigenvalue weighted by Gasteiger charge is 2.41. The summed E-state index contributed by atoms with van der Waals surface area (Å²) in [6.07, 6.45) is 8.16. The van der Waals surface area contributed by atoms with Gasteiger partial charge in [-0.1, -0.05) is 24.2 Å². The van der Waals surface area contributed by atoms with Crippen LogP contribution in [0, 0.1) is 17.8 Å². The van der Waals surface area contributed by atoms with Crippen LogP contribution in [0.1, 0.15) is 32.1 Å². The van der Waals surface area contributed by atoms with E-state index in [1.165, 1.54) is 32.8 Å². The number of nitrogens with zero attached hydrogens (tertiary/aromatic N) is 1. The van der Waals surface area contributed by atoms with Gasteiger partial charge < -0.3 is 4.74 Å². The molecule has 1 aromatic rings. The molecule has 4 heteroatoms. The third-order valence-electron chi connectivity index (χ3n) is 4.77. The van der Waals surface area contributed by atoms with Crippen molar-refractivity contribution in [2.75, 3.05) is 7.11 Å². The van der Waals surface area contributed by atoms with Crippen LogP contribution in [0.15, 0.2) is 29.4 Å². The Balaban J connectivity index is 1.65. The first kappa shape index (κ1) is 13.9. The van der Waals surface area contributed by atoms with Crippen LogP contribution in [-0.4, -0.2) is 23.3 Å². The average molecular weight is 291 g/mol. The lowest BCUT2D eigenvalue weighted by molar-refractivity contribution is -0.140. The first-order valence-corrected chi connectivity index (χ1v) is 8.29. The summed E-state index contributed by atoms with van der Waals surface area (Å²) in [7, 11) is 1.48. The molecule has 1 heterocycles. The van der Waals surface area contributed by atoms with Gasteiger partial charge in [-0.05, 0) is 55.6 Å². The lowest BCUT2D eigenvalue weighted by Gasteiger charge is -2.25. The maximum absolute atomic E-state index is 12.0. The number of fused-ring (bicyclic) bond motifs is 2. The molecule has 0 saturated heterocycles. The number of hydrogen-bond donors (Lipinski definition) is 0. The van der Waals surface area contributed by atoms with Crippen molar-refractivity contribution < 1.29 is 9.53 Å². The van der Waals surface area contributed by atoms with E-state index < -0.39 is 0 Å². The molecule has 1 unspecified atom stereocenters. The Morgan fingerprint density at radius 1 is 1.45 bits per heavy atom. The quantitative estimate of drug-likeness (QED) is 0.614. The summed E-state index contributed by atoms with van der Waals surface area (Å²) in [5.41, 5.74) is 0. The van der Waals surface area contributed by atoms with E-state index in [2.05, 4.69) is 4.98 Å². The number of rotatable bonds is 5. The van der Waals surface area contributed by atoms with Gasteiger partial charge in [0.25, 0.3) is 0 Å². The van der Waals surface area contributed by atoms with E-state index in [9.17, 15) is 4.79 Å². The number of carbonyl (C=O) groups is 1. The summed E-state index contributed by atoms with van der Waals surface area (Å²) in [4.78, 5) is 16.4. The molecule has 0 spiro atoms. The Morgan fingerprint density at radius 2 is 2.35 bits per heavy atom. The van der Waals surface area contributed by atoms with Crippen molar-refractivity contribution in [2.24, 2.45) is 17.8 Å². The summed E-state index contributed by atoms with van der Waals surface area (Å²) in [6, 6.07) is 5.82. The van der Waals surface area contributed by atoms with Crippen LogP contribution >= 0.6 is 11.8 Å². The fourth-order valence-electron chi connectivity index (χ4n) is 3.83. The summed E-state index contributed by atoms with van der Waals surface area (Å²) >= 11 is 1.55. The molecule has 0 aromatic carbocycles. The lowest BCUT2D eigenvalue weighted by Crippen LogP contribution is -2.24. The van der Waals surface area contributed by atoms with Gasteiger partial charge >= 0.3 is 5.97 Å². The second kappa shape index (κ2) is 6.17. The minimum atomic E-state index is -0.112. The number of pyridine rings is 1.